The van der Waals surface area contributed by atoms with Crippen molar-refractivity contribution in [3.63, 3.8) is 0 Å². The number of benzene rings is 1. The number of nitrogens with zero attached hydrogens (tertiary/aromatic N) is 5. The van der Waals surface area contributed by atoms with Gasteiger partial charge >= 0.3 is 0 Å². The molecule has 1 aromatic carbocycles. The van der Waals surface area contributed by atoms with Crippen molar-refractivity contribution in [3.8, 4) is 0 Å². The Morgan fingerprint density at radius 3 is 2.81 bits per heavy atom. The van der Waals surface area contributed by atoms with Crippen LogP contribution in [0.5, 0.6) is 0 Å². The highest BCUT2D eigenvalue weighted by Crippen LogP contribution is 2.29. The minimum atomic E-state index is -0.348. The van der Waals surface area contributed by atoms with E-state index >= 15 is 0 Å². The molecule has 0 radical (unpaired) electrons. The maximum Gasteiger partial charge on any atom is 0.155 e. The second kappa shape index (κ2) is 5.38. The largest absolute Gasteiger partial charge is 0.319 e. The molecule has 0 spiro atoms. The van der Waals surface area contributed by atoms with Crippen molar-refractivity contribution in [2.45, 2.75) is 18.8 Å². The molecule has 110 valence electrons. The third-order valence-corrected chi connectivity index (χ3v) is 4.28. The van der Waals surface area contributed by atoms with Crippen molar-refractivity contribution in [2.75, 3.05) is 0 Å². The van der Waals surface area contributed by atoms with Crippen molar-refractivity contribution >= 4 is 38.6 Å². The van der Waals surface area contributed by atoms with Crippen molar-refractivity contribution in [1.29, 1.82) is 0 Å². The summed E-state index contributed by atoms with van der Waals surface area (Å²) in [4.78, 5) is 4.41. The summed E-state index contributed by atoms with van der Waals surface area (Å²) in [5.41, 5.74) is 1.37. The van der Waals surface area contributed by atoms with Gasteiger partial charge in [0.05, 0.1) is 27.4 Å². The van der Waals surface area contributed by atoms with Gasteiger partial charge in [0, 0.05) is 13.1 Å². The van der Waals surface area contributed by atoms with E-state index in [0.717, 1.165) is 11.3 Å². The zero-order valence-electron chi connectivity index (χ0n) is 11.4. The average molecular weight is 373 g/mol. The minimum Gasteiger partial charge on any atom is -0.319 e. The van der Waals surface area contributed by atoms with E-state index in [-0.39, 0.29) is 17.7 Å². The Morgan fingerprint density at radius 2 is 2.19 bits per heavy atom. The number of fused-ring (bicyclic) bond motifs is 1. The molecule has 21 heavy (non-hydrogen) atoms. The Balaban J connectivity index is 2.25. The molecule has 0 N–H and O–H groups in total. The highest BCUT2D eigenvalue weighted by Gasteiger charge is 2.21. The van der Waals surface area contributed by atoms with E-state index < -0.39 is 0 Å². The first-order chi connectivity index (χ1) is 10.0. The molecule has 8 heteroatoms. The molecule has 0 aliphatic rings. The lowest BCUT2D eigenvalue weighted by molar-refractivity contribution is 0.571. The van der Waals surface area contributed by atoms with Crippen LogP contribution in [0.25, 0.3) is 11.0 Å². The van der Waals surface area contributed by atoms with Gasteiger partial charge in [-0.1, -0.05) is 0 Å². The maximum atomic E-state index is 13.7. The SMILES string of the molecule is CC(c1nncn1C)n1c(CCl)nc2cc(F)c(Br)cc21. The van der Waals surface area contributed by atoms with Gasteiger partial charge in [0.1, 0.15) is 18.0 Å². The van der Waals surface area contributed by atoms with Crippen molar-refractivity contribution in [3.05, 3.63) is 40.4 Å². The van der Waals surface area contributed by atoms with Gasteiger partial charge in [-0.3, -0.25) is 0 Å². The summed E-state index contributed by atoms with van der Waals surface area (Å²) in [6.45, 7) is 1.98. The van der Waals surface area contributed by atoms with Gasteiger partial charge in [0.15, 0.2) is 5.82 Å². The Hall–Kier alpha value is -1.47. The molecule has 3 aromatic rings. The van der Waals surface area contributed by atoms with E-state index in [2.05, 4.69) is 31.1 Å². The van der Waals surface area contributed by atoms with Crippen molar-refractivity contribution in [1.82, 2.24) is 24.3 Å². The first-order valence-corrected chi connectivity index (χ1v) is 7.61. The van der Waals surface area contributed by atoms with E-state index in [0.29, 0.717) is 15.8 Å². The molecule has 3 rings (SSSR count). The van der Waals surface area contributed by atoms with Gasteiger partial charge in [0.25, 0.3) is 0 Å². The Morgan fingerprint density at radius 1 is 1.43 bits per heavy atom. The maximum absolute atomic E-state index is 13.7. The highest BCUT2D eigenvalue weighted by atomic mass is 79.9. The van der Waals surface area contributed by atoms with E-state index in [1.165, 1.54) is 6.07 Å². The molecule has 1 unspecified atom stereocenters. The molecule has 0 aliphatic carbocycles. The highest BCUT2D eigenvalue weighted by molar-refractivity contribution is 9.10. The summed E-state index contributed by atoms with van der Waals surface area (Å²) in [7, 11) is 1.88. The third-order valence-electron chi connectivity index (χ3n) is 3.43. The molecule has 0 fully saturated rings. The number of hydrogen-bond donors (Lipinski definition) is 0. The number of aromatic nitrogens is 5. The molecule has 0 saturated heterocycles. The zero-order valence-corrected chi connectivity index (χ0v) is 13.7. The fourth-order valence-electron chi connectivity index (χ4n) is 2.45. The predicted molar refractivity (Wildman–Crippen MR) is 81.8 cm³/mol. The van der Waals surface area contributed by atoms with E-state index in [9.17, 15) is 4.39 Å². The minimum absolute atomic E-state index is 0.117. The van der Waals surface area contributed by atoms with E-state index in [1.54, 1.807) is 12.4 Å². The summed E-state index contributed by atoms with van der Waals surface area (Å²) >= 11 is 9.21. The van der Waals surface area contributed by atoms with Crippen molar-refractivity contribution < 1.29 is 4.39 Å². The summed E-state index contributed by atoms with van der Waals surface area (Å²) < 4.78 is 17.9. The molecule has 2 heterocycles. The normalized spacial score (nSPS) is 13.0. The van der Waals surface area contributed by atoms with Crippen molar-refractivity contribution in [2.24, 2.45) is 7.05 Å². The van der Waals surface area contributed by atoms with Crippen LogP contribution < -0.4 is 0 Å². The second-order valence-electron chi connectivity index (χ2n) is 4.76. The van der Waals surface area contributed by atoms with Crippen LogP contribution in [0.4, 0.5) is 4.39 Å². The van der Waals surface area contributed by atoms with Crippen LogP contribution in [-0.2, 0) is 12.9 Å². The molecule has 0 amide bonds. The third kappa shape index (κ3) is 2.34. The molecule has 0 aliphatic heterocycles. The molecular weight excluding hydrogens is 361 g/mol. The fourth-order valence-corrected chi connectivity index (χ4v) is 2.97. The summed E-state index contributed by atoms with van der Waals surface area (Å²) in [5, 5.41) is 8.03. The molecule has 5 nitrogen and oxygen atoms in total. The summed E-state index contributed by atoms with van der Waals surface area (Å²) in [5.74, 6) is 1.33. The van der Waals surface area contributed by atoms with Crippen LogP contribution in [0.1, 0.15) is 24.6 Å². The van der Waals surface area contributed by atoms with Gasteiger partial charge in [-0.25, -0.2) is 9.37 Å². The lowest BCUT2D eigenvalue weighted by atomic mass is 10.2. The number of alkyl halides is 1. The number of imidazole rings is 1. The van der Waals surface area contributed by atoms with E-state index in [1.807, 2.05) is 23.1 Å². The molecule has 2 aromatic heterocycles. The van der Waals surface area contributed by atoms with Crippen LogP contribution in [0.15, 0.2) is 22.9 Å². The van der Waals surface area contributed by atoms with E-state index in [4.69, 9.17) is 11.6 Å². The average Bonchev–Trinajstić information content (AvgIpc) is 3.02. The van der Waals surface area contributed by atoms with Crippen LogP contribution >= 0.6 is 27.5 Å². The van der Waals surface area contributed by atoms with Gasteiger partial charge in [0.2, 0.25) is 0 Å². The lowest BCUT2D eigenvalue weighted by Crippen LogP contribution is -2.14. The number of hydrogen-bond acceptors (Lipinski definition) is 3. The Bertz CT molecular complexity index is 812. The fraction of sp³-hybridized carbons (Fsp3) is 0.308. The quantitative estimate of drug-likeness (QED) is 0.662. The number of rotatable bonds is 3. The monoisotopic (exact) mass is 371 g/mol. The second-order valence-corrected chi connectivity index (χ2v) is 5.88. The summed E-state index contributed by atoms with van der Waals surface area (Å²) in [6.07, 6.45) is 1.64. The van der Waals surface area contributed by atoms with Crippen LogP contribution in [0.2, 0.25) is 0 Å². The Kier molecular flexibility index (Phi) is 3.71. The smallest absolute Gasteiger partial charge is 0.155 e. The Labute approximate surface area is 133 Å². The van der Waals surface area contributed by atoms with Gasteiger partial charge in [-0.2, -0.15) is 0 Å². The van der Waals surface area contributed by atoms with Crippen LogP contribution in [-0.4, -0.2) is 24.3 Å². The van der Waals surface area contributed by atoms with Gasteiger partial charge in [-0.05, 0) is 28.9 Å². The number of halogens is 3. The van der Waals surface area contributed by atoms with Gasteiger partial charge < -0.3 is 9.13 Å². The predicted octanol–water partition coefficient (Wildman–Crippen LogP) is 3.41. The topological polar surface area (TPSA) is 48.5 Å². The zero-order chi connectivity index (χ0) is 15.1. The molecule has 0 saturated carbocycles. The van der Waals surface area contributed by atoms with Crippen LogP contribution in [0, 0.1) is 5.82 Å². The first kappa shape index (κ1) is 14.5. The lowest BCUT2D eigenvalue weighted by Gasteiger charge is -2.16. The molecule has 0 bridgehead atoms. The standard InChI is InChI=1S/C13H12BrClFN5/c1-7(13-19-17-6-20(13)2)21-11-3-8(14)9(16)4-10(11)18-12(21)5-15/h3-4,6-7H,5H2,1-2H3. The molecule has 1 atom stereocenters. The van der Waals surface area contributed by atoms with Crippen LogP contribution in [0.3, 0.4) is 0 Å². The summed E-state index contributed by atoms with van der Waals surface area (Å²) in [6, 6.07) is 2.99. The van der Waals surface area contributed by atoms with Gasteiger partial charge in [-0.15, -0.1) is 21.8 Å². The molecular formula is C13H12BrClFN5. The first-order valence-electron chi connectivity index (χ1n) is 6.28. The number of aryl methyl sites for hydroxylation is 1.